The normalized spacial score (nSPS) is 29.7. The van der Waals surface area contributed by atoms with Crippen molar-refractivity contribution in [3.8, 4) is 17.0 Å². The van der Waals surface area contributed by atoms with E-state index in [2.05, 4.69) is 10.3 Å². The lowest BCUT2D eigenvalue weighted by Crippen LogP contribution is -2.74. The molecule has 0 spiro atoms. The number of nitrogens with one attached hydrogen (secondary N) is 1. The molecule has 6 atom stereocenters. The van der Waals surface area contributed by atoms with E-state index in [1.807, 2.05) is 13.8 Å². The quantitative estimate of drug-likeness (QED) is 0.308. The fourth-order valence-electron chi connectivity index (χ4n) is 6.84. The van der Waals surface area contributed by atoms with Gasteiger partial charge in [0.25, 0.3) is 0 Å². The molecule has 1 heterocycles. The SMILES string of the molecule is CC(C)Nc1cc(-c2ccccn2)c2c(c1O)C(=O)C1C(=O)[C@]3(O)C(=O)C(C(N)=O)C(=O)[C@@H](N(C)C)[C@@H]3C[C@@H]1C2. The minimum Gasteiger partial charge on any atom is -0.505 e. The van der Waals surface area contributed by atoms with Crippen LogP contribution >= 0.6 is 0 Å². The van der Waals surface area contributed by atoms with Crippen LogP contribution in [0, 0.1) is 23.7 Å². The standard InChI is InChI=1S/C29H32N4O7/c1-12(2)32-18-11-14(17-7-5-6-8-31-17)15-9-13-10-16-22(33(3)4)25(36)21(28(30)39)27(38)29(16,40)26(37)19(13)24(35)20(15)23(18)34/h5-8,11-13,16,19,21-22,32,34,40H,9-10H2,1-4H3,(H2,30,39)/t13-,16-,19?,21?,22-,29-/m0/s1. The number of rotatable bonds is 5. The van der Waals surface area contributed by atoms with Gasteiger partial charge < -0.3 is 21.3 Å². The Hall–Kier alpha value is -3.96. The third kappa shape index (κ3) is 3.87. The van der Waals surface area contributed by atoms with Crippen molar-refractivity contribution in [3.05, 3.63) is 41.6 Å². The van der Waals surface area contributed by atoms with Gasteiger partial charge in [0.1, 0.15) is 5.75 Å². The molecule has 2 fully saturated rings. The van der Waals surface area contributed by atoms with Crippen LogP contribution < -0.4 is 11.1 Å². The highest BCUT2D eigenvalue weighted by atomic mass is 16.3. The average molecular weight is 549 g/mol. The summed E-state index contributed by atoms with van der Waals surface area (Å²) in [5, 5.41) is 26.1. The number of ketones is 4. The molecule has 2 saturated carbocycles. The van der Waals surface area contributed by atoms with E-state index in [1.54, 1.807) is 44.6 Å². The molecule has 0 saturated heterocycles. The summed E-state index contributed by atoms with van der Waals surface area (Å²) in [4.78, 5) is 72.9. The Morgan fingerprint density at radius 1 is 1.18 bits per heavy atom. The van der Waals surface area contributed by atoms with Gasteiger partial charge in [-0.05, 0) is 70.5 Å². The third-order valence-electron chi connectivity index (χ3n) is 8.45. The van der Waals surface area contributed by atoms with Gasteiger partial charge in [-0.15, -0.1) is 0 Å². The lowest BCUT2D eigenvalue weighted by molar-refractivity contribution is -0.181. The number of anilines is 1. The first-order valence-electron chi connectivity index (χ1n) is 13.2. The first-order chi connectivity index (χ1) is 18.8. The maximum atomic E-state index is 14.1. The second-order valence-electron chi connectivity index (χ2n) is 11.5. The number of aromatic hydroxyl groups is 1. The summed E-state index contributed by atoms with van der Waals surface area (Å²) < 4.78 is 0. The molecule has 5 N–H and O–H groups in total. The molecule has 2 unspecified atom stereocenters. The van der Waals surface area contributed by atoms with E-state index in [9.17, 15) is 34.2 Å². The number of likely N-dealkylation sites (N-methyl/N-ethyl adjacent to an activating group) is 1. The average Bonchev–Trinajstić information content (AvgIpc) is 2.87. The van der Waals surface area contributed by atoms with Gasteiger partial charge in [-0.3, -0.25) is 33.9 Å². The molecular formula is C29H32N4O7. The number of aliphatic hydroxyl groups is 1. The molecule has 210 valence electrons. The Labute approximate surface area is 230 Å². The van der Waals surface area contributed by atoms with E-state index in [0.717, 1.165) is 0 Å². The molecule has 0 aliphatic heterocycles. The second kappa shape index (κ2) is 9.60. The lowest BCUT2D eigenvalue weighted by atomic mass is 9.52. The summed E-state index contributed by atoms with van der Waals surface area (Å²) in [6.45, 7) is 3.73. The number of hydrogen-bond donors (Lipinski definition) is 4. The van der Waals surface area contributed by atoms with E-state index >= 15 is 0 Å². The highest BCUT2D eigenvalue weighted by molar-refractivity contribution is 6.32. The number of hydrogen-bond acceptors (Lipinski definition) is 10. The molecule has 0 bridgehead atoms. The van der Waals surface area contributed by atoms with Gasteiger partial charge in [-0.2, -0.15) is 0 Å². The van der Waals surface area contributed by atoms with Crippen molar-refractivity contribution in [1.82, 2.24) is 9.88 Å². The topological polar surface area (TPSA) is 180 Å². The molecule has 3 aliphatic rings. The van der Waals surface area contributed by atoms with Crippen LogP contribution in [0.25, 0.3) is 11.3 Å². The van der Waals surface area contributed by atoms with Crippen molar-refractivity contribution in [2.75, 3.05) is 19.4 Å². The third-order valence-corrected chi connectivity index (χ3v) is 8.45. The number of carbonyl (C=O) groups is 5. The summed E-state index contributed by atoms with van der Waals surface area (Å²) in [7, 11) is 3.10. The van der Waals surface area contributed by atoms with Crippen molar-refractivity contribution < 1.29 is 34.2 Å². The zero-order valence-corrected chi connectivity index (χ0v) is 22.7. The van der Waals surface area contributed by atoms with Crippen LogP contribution in [-0.2, 0) is 25.6 Å². The number of benzene rings is 1. The Morgan fingerprint density at radius 2 is 1.88 bits per heavy atom. The fraction of sp³-hybridized carbons (Fsp3) is 0.448. The van der Waals surface area contributed by atoms with E-state index in [-0.39, 0.29) is 35.9 Å². The largest absolute Gasteiger partial charge is 0.505 e. The zero-order valence-electron chi connectivity index (χ0n) is 22.7. The van der Waals surface area contributed by atoms with Crippen molar-refractivity contribution in [2.45, 2.75) is 44.4 Å². The zero-order chi connectivity index (χ0) is 29.3. The van der Waals surface area contributed by atoms with Crippen LogP contribution in [0.4, 0.5) is 5.69 Å². The summed E-state index contributed by atoms with van der Waals surface area (Å²) in [5.41, 5.74) is 4.49. The van der Waals surface area contributed by atoms with Crippen molar-refractivity contribution >= 4 is 34.7 Å². The van der Waals surface area contributed by atoms with Crippen LogP contribution in [0.1, 0.15) is 36.2 Å². The number of nitrogens with two attached hydrogens (primary N) is 1. The molecule has 1 aromatic heterocycles. The molecule has 2 aromatic rings. The summed E-state index contributed by atoms with van der Waals surface area (Å²) in [6.07, 6.45) is 1.75. The van der Waals surface area contributed by atoms with Crippen molar-refractivity contribution in [3.63, 3.8) is 0 Å². The number of fused-ring (bicyclic) bond motifs is 3. The summed E-state index contributed by atoms with van der Waals surface area (Å²) >= 11 is 0. The maximum Gasteiger partial charge on any atom is 0.235 e. The molecular weight excluding hydrogens is 516 g/mol. The van der Waals surface area contributed by atoms with Crippen molar-refractivity contribution in [1.29, 1.82) is 0 Å². The maximum absolute atomic E-state index is 14.1. The second-order valence-corrected chi connectivity index (χ2v) is 11.5. The molecule has 3 aliphatic carbocycles. The van der Waals surface area contributed by atoms with Gasteiger partial charge in [0.2, 0.25) is 5.91 Å². The molecule has 1 amide bonds. The number of amides is 1. The minimum absolute atomic E-state index is 0.0156. The Kier molecular flexibility index (Phi) is 6.62. The van der Waals surface area contributed by atoms with Gasteiger partial charge >= 0.3 is 0 Å². The summed E-state index contributed by atoms with van der Waals surface area (Å²) in [6, 6.07) is 5.80. The summed E-state index contributed by atoms with van der Waals surface area (Å²) in [5.74, 6) is -10.8. The Bertz CT molecular complexity index is 1450. The predicted octanol–water partition coefficient (Wildman–Crippen LogP) is 0.749. The molecule has 11 heteroatoms. The highest BCUT2D eigenvalue weighted by Crippen LogP contribution is 2.52. The first-order valence-corrected chi connectivity index (χ1v) is 13.2. The number of phenols is 1. The Morgan fingerprint density at radius 3 is 2.45 bits per heavy atom. The monoisotopic (exact) mass is 548 g/mol. The van der Waals surface area contributed by atoms with Crippen LogP contribution in [0.15, 0.2) is 30.5 Å². The number of carbonyl (C=O) groups excluding carboxylic acids is 5. The Balaban J connectivity index is 1.70. The van der Waals surface area contributed by atoms with E-state index in [4.69, 9.17) is 5.73 Å². The van der Waals surface area contributed by atoms with E-state index < -0.39 is 64.4 Å². The van der Waals surface area contributed by atoms with Gasteiger partial charge in [-0.1, -0.05) is 6.07 Å². The number of nitrogens with zero attached hydrogens (tertiary/aromatic N) is 2. The number of pyridine rings is 1. The minimum atomic E-state index is -2.76. The smallest absolute Gasteiger partial charge is 0.235 e. The number of primary amides is 1. The van der Waals surface area contributed by atoms with Gasteiger partial charge in [0.05, 0.1) is 28.9 Å². The van der Waals surface area contributed by atoms with Crippen LogP contribution in [0.3, 0.4) is 0 Å². The van der Waals surface area contributed by atoms with E-state index in [0.29, 0.717) is 16.8 Å². The molecule has 11 nitrogen and oxygen atoms in total. The molecule has 40 heavy (non-hydrogen) atoms. The predicted molar refractivity (Wildman–Crippen MR) is 143 cm³/mol. The first kappa shape index (κ1) is 27.6. The number of phenolic OH excluding ortho intramolecular Hbond substituents is 1. The fourth-order valence-corrected chi connectivity index (χ4v) is 6.84. The van der Waals surface area contributed by atoms with Crippen molar-refractivity contribution in [2.24, 2.45) is 29.4 Å². The number of aromatic nitrogens is 1. The number of Topliss-reactive ketones (excluding diaryl/α,β-unsaturated/α-hetero) is 4. The van der Waals surface area contributed by atoms with Gasteiger partial charge in [0, 0.05) is 23.7 Å². The molecule has 0 radical (unpaired) electrons. The van der Waals surface area contributed by atoms with Crippen LogP contribution in [-0.4, -0.2) is 80.9 Å². The highest BCUT2D eigenvalue weighted by Gasteiger charge is 2.69. The molecule has 1 aromatic carbocycles. The molecule has 5 rings (SSSR count). The lowest BCUT2D eigenvalue weighted by Gasteiger charge is -2.52. The van der Waals surface area contributed by atoms with Gasteiger partial charge in [0.15, 0.2) is 34.7 Å². The van der Waals surface area contributed by atoms with Crippen LogP contribution in [0.2, 0.25) is 0 Å². The van der Waals surface area contributed by atoms with E-state index in [1.165, 1.54) is 4.90 Å². The van der Waals surface area contributed by atoms with Crippen LogP contribution in [0.5, 0.6) is 5.75 Å². The van der Waals surface area contributed by atoms with Gasteiger partial charge in [-0.25, -0.2) is 0 Å².